The van der Waals surface area contributed by atoms with Crippen molar-refractivity contribution in [1.29, 1.82) is 0 Å². The molecule has 1 saturated carbocycles. The lowest BCUT2D eigenvalue weighted by Crippen LogP contribution is -2.54. The Bertz CT molecular complexity index is 2670. The van der Waals surface area contributed by atoms with Crippen molar-refractivity contribution in [2.45, 2.75) is 63.1 Å². The molecule has 4 aliphatic heterocycles. The molecule has 5 aromatic rings. The Morgan fingerprint density at radius 1 is 0.788 bits per heavy atom. The Morgan fingerprint density at radius 2 is 1.56 bits per heavy atom. The molecule has 18 nitrogen and oxygen atoms in total. The molecule has 1 atom stereocenters. The first-order chi connectivity index (χ1) is 32.1. The summed E-state index contributed by atoms with van der Waals surface area (Å²) in [5, 5.41) is 11.9. The zero-order chi connectivity index (χ0) is 45.3. The Kier molecular flexibility index (Phi) is 11.9. The van der Waals surface area contributed by atoms with Crippen molar-refractivity contribution in [3.8, 4) is 0 Å². The molecular weight excluding hydrogens is 841 g/mol. The summed E-state index contributed by atoms with van der Waals surface area (Å²) in [6.45, 7) is 5.65. The molecule has 340 valence electrons. The van der Waals surface area contributed by atoms with Gasteiger partial charge in [0.15, 0.2) is 17.0 Å². The second kappa shape index (κ2) is 18.3. The average molecular weight is 893 g/mol. The summed E-state index contributed by atoms with van der Waals surface area (Å²) in [5.74, 6) is -1.13. The van der Waals surface area contributed by atoms with Gasteiger partial charge in [-0.05, 0) is 80.0 Å². The SMILES string of the molecule is O=C1CC[C@H](N2C(=O)c3cccc(NCC(=O)N4CCN(CC5CCN(c6ccc(Nc7ncnc8c7ncn8C7CC(NC(=O)Cc8ccccc8)C7)cc6)CC5)CC4)c3C2=O)C(=O)N1. The van der Waals surface area contributed by atoms with Crippen molar-refractivity contribution >= 4 is 69.5 Å². The maximum absolute atomic E-state index is 13.4. The summed E-state index contributed by atoms with van der Waals surface area (Å²) in [5.41, 5.74) is 5.23. The number of benzene rings is 3. The largest absolute Gasteiger partial charge is 0.375 e. The number of nitrogens with zero attached hydrogens (tertiary/aromatic N) is 8. The van der Waals surface area contributed by atoms with E-state index in [9.17, 15) is 28.8 Å². The maximum atomic E-state index is 13.4. The number of anilines is 4. The Morgan fingerprint density at radius 3 is 2.32 bits per heavy atom. The molecule has 4 N–H and O–H groups in total. The second-order valence-corrected chi connectivity index (χ2v) is 17.9. The lowest BCUT2D eigenvalue weighted by Gasteiger charge is -2.39. The predicted molar refractivity (Wildman–Crippen MR) is 245 cm³/mol. The van der Waals surface area contributed by atoms with Crippen LogP contribution in [0.4, 0.5) is 22.9 Å². The fourth-order valence-electron chi connectivity index (χ4n) is 9.96. The first-order valence-corrected chi connectivity index (χ1v) is 22.9. The molecule has 18 heteroatoms. The van der Waals surface area contributed by atoms with Gasteiger partial charge in [0.25, 0.3) is 11.8 Å². The van der Waals surface area contributed by atoms with E-state index in [2.05, 4.69) is 74.9 Å². The summed E-state index contributed by atoms with van der Waals surface area (Å²) < 4.78 is 2.09. The molecule has 5 aliphatic rings. The summed E-state index contributed by atoms with van der Waals surface area (Å²) >= 11 is 0. The van der Waals surface area contributed by atoms with Gasteiger partial charge in [0.2, 0.25) is 23.6 Å². The molecule has 1 aliphatic carbocycles. The van der Waals surface area contributed by atoms with Gasteiger partial charge >= 0.3 is 0 Å². The minimum Gasteiger partial charge on any atom is -0.375 e. The highest BCUT2D eigenvalue weighted by Gasteiger charge is 2.46. The van der Waals surface area contributed by atoms with Crippen LogP contribution in [0, 0.1) is 5.92 Å². The highest BCUT2D eigenvalue weighted by atomic mass is 16.2. The van der Waals surface area contributed by atoms with Crippen molar-refractivity contribution in [2.24, 2.45) is 5.92 Å². The highest BCUT2D eigenvalue weighted by Crippen LogP contribution is 2.36. The summed E-state index contributed by atoms with van der Waals surface area (Å²) in [6, 6.07) is 22.3. The van der Waals surface area contributed by atoms with Crippen LogP contribution < -0.4 is 26.2 Å². The normalized spacial score (nSPS) is 21.4. The number of fused-ring (bicyclic) bond motifs is 2. The van der Waals surface area contributed by atoms with E-state index < -0.39 is 29.7 Å². The second-order valence-electron chi connectivity index (χ2n) is 17.9. The maximum Gasteiger partial charge on any atom is 0.264 e. The highest BCUT2D eigenvalue weighted by molar-refractivity contribution is 6.25. The molecule has 4 fully saturated rings. The number of nitrogens with one attached hydrogen (secondary N) is 4. The molecule has 66 heavy (non-hydrogen) atoms. The monoisotopic (exact) mass is 892 g/mol. The molecule has 6 heterocycles. The summed E-state index contributed by atoms with van der Waals surface area (Å²) in [7, 11) is 0. The number of hydrogen-bond donors (Lipinski definition) is 4. The molecule has 10 rings (SSSR count). The van der Waals surface area contributed by atoms with Gasteiger partial charge in [0, 0.05) is 81.4 Å². The van der Waals surface area contributed by atoms with Crippen LogP contribution in [0.3, 0.4) is 0 Å². The summed E-state index contributed by atoms with van der Waals surface area (Å²) in [4.78, 5) is 98.1. The number of amides is 6. The van der Waals surface area contributed by atoms with Crippen molar-refractivity contribution < 1.29 is 28.8 Å². The number of imidazole rings is 1. The quantitative estimate of drug-likeness (QED) is 0.125. The van der Waals surface area contributed by atoms with Crippen molar-refractivity contribution in [2.75, 3.05) is 67.9 Å². The van der Waals surface area contributed by atoms with E-state index in [0.717, 1.165) is 80.2 Å². The number of imide groups is 2. The molecule has 0 bridgehead atoms. The van der Waals surface area contributed by atoms with Crippen molar-refractivity contribution in [3.05, 3.63) is 102 Å². The van der Waals surface area contributed by atoms with Crippen LogP contribution in [0.5, 0.6) is 0 Å². The van der Waals surface area contributed by atoms with Crippen LogP contribution in [-0.2, 0) is 25.6 Å². The lowest BCUT2D eigenvalue weighted by atomic mass is 9.86. The van der Waals surface area contributed by atoms with Crippen LogP contribution in [0.1, 0.15) is 70.8 Å². The minimum atomic E-state index is -1.06. The van der Waals surface area contributed by atoms with Crippen LogP contribution in [0.2, 0.25) is 0 Å². The van der Waals surface area contributed by atoms with Gasteiger partial charge in [-0.25, -0.2) is 15.0 Å². The number of piperazine rings is 1. The van der Waals surface area contributed by atoms with Crippen molar-refractivity contribution in [1.82, 2.24) is 44.9 Å². The zero-order valence-corrected chi connectivity index (χ0v) is 36.5. The van der Waals surface area contributed by atoms with Crippen LogP contribution in [0.15, 0.2) is 85.5 Å². The number of carbonyl (C=O) groups is 6. The molecule has 0 spiro atoms. The molecule has 3 saturated heterocycles. The van der Waals surface area contributed by atoms with Gasteiger partial charge in [-0.1, -0.05) is 36.4 Å². The van der Waals surface area contributed by atoms with Crippen LogP contribution >= 0.6 is 0 Å². The van der Waals surface area contributed by atoms with E-state index in [1.165, 1.54) is 11.8 Å². The fourth-order valence-corrected chi connectivity index (χ4v) is 9.96. The van der Waals surface area contributed by atoms with Gasteiger partial charge < -0.3 is 30.3 Å². The number of aromatic nitrogens is 4. The lowest BCUT2D eigenvalue weighted by molar-refractivity contribution is -0.136. The number of rotatable bonds is 13. The topological polar surface area (TPSA) is 207 Å². The number of carbonyl (C=O) groups excluding carboxylic acids is 6. The third kappa shape index (κ3) is 8.79. The molecular formula is C48H52N12O6. The number of hydrogen-bond acceptors (Lipinski definition) is 13. The van der Waals surface area contributed by atoms with E-state index >= 15 is 0 Å². The zero-order valence-electron chi connectivity index (χ0n) is 36.5. The van der Waals surface area contributed by atoms with E-state index in [-0.39, 0.29) is 54.4 Å². The fraction of sp³-hybridized carbons (Fsp3) is 0.396. The minimum absolute atomic E-state index is 0.0387. The van der Waals surface area contributed by atoms with Gasteiger partial charge in [0.1, 0.15) is 12.4 Å². The van der Waals surface area contributed by atoms with Crippen molar-refractivity contribution in [3.63, 3.8) is 0 Å². The summed E-state index contributed by atoms with van der Waals surface area (Å²) in [6.07, 6.45) is 7.69. The Hall–Kier alpha value is -7.21. The first-order valence-electron chi connectivity index (χ1n) is 22.9. The first kappa shape index (κ1) is 42.7. The van der Waals surface area contributed by atoms with Gasteiger partial charge in [-0.2, -0.15) is 0 Å². The van der Waals surface area contributed by atoms with Crippen LogP contribution in [0.25, 0.3) is 11.2 Å². The third-order valence-electron chi connectivity index (χ3n) is 13.7. The average Bonchev–Trinajstić information content (AvgIpc) is 3.86. The Labute approximate surface area is 381 Å². The third-order valence-corrected chi connectivity index (χ3v) is 13.7. The molecule has 6 amide bonds. The van der Waals surface area contributed by atoms with Crippen LogP contribution in [-0.4, -0.2) is 134 Å². The van der Waals surface area contributed by atoms with E-state index in [0.29, 0.717) is 42.5 Å². The Balaban J connectivity index is 0.652. The van der Waals surface area contributed by atoms with Gasteiger partial charge in [-0.15, -0.1) is 0 Å². The standard InChI is InChI=1S/C48H52N12O6/c61-39-14-13-38(46(64)55-39)60-47(65)36-7-4-8-37(42(36)48(60)66)49-26-41(63)58-21-19-56(20-22-58)27-31-15-17-57(18-16-31)34-11-9-32(10-12-34)54-44-43-45(51-28-50-44)59(29-52-43)35-24-33(25-35)53-40(62)23-30-5-2-1-3-6-30/h1-12,28-29,31,33,35,38,49H,13-27H2,(H,53,62)(H,50,51,54)(H,55,61,64)/t33?,35?,38-/m0/s1. The molecule has 0 unspecified atom stereocenters. The van der Waals surface area contributed by atoms with E-state index in [1.807, 2.05) is 41.6 Å². The molecule has 0 radical (unpaired) electrons. The van der Waals surface area contributed by atoms with E-state index in [4.69, 9.17) is 0 Å². The molecule has 3 aromatic carbocycles. The van der Waals surface area contributed by atoms with E-state index in [1.54, 1.807) is 18.5 Å². The number of piperidine rings is 2. The van der Waals surface area contributed by atoms with Gasteiger partial charge in [0.05, 0.1) is 30.4 Å². The smallest absolute Gasteiger partial charge is 0.264 e. The molecule has 2 aromatic heterocycles. The van der Waals surface area contributed by atoms with Gasteiger partial charge in [-0.3, -0.25) is 43.9 Å². The predicted octanol–water partition coefficient (Wildman–Crippen LogP) is 3.51.